The van der Waals surface area contributed by atoms with Crippen LogP contribution >= 0.6 is 0 Å². The van der Waals surface area contributed by atoms with Crippen LogP contribution < -0.4 is 9.92 Å². The van der Waals surface area contributed by atoms with Crippen molar-refractivity contribution in [2.75, 3.05) is 0 Å². The Morgan fingerprint density at radius 1 is 1.09 bits per heavy atom. The molecule has 1 aliphatic carbocycles. The van der Waals surface area contributed by atoms with Gasteiger partial charge in [-0.25, -0.2) is 0 Å². The number of fused-ring (bicyclic) bond motifs is 1. The lowest BCUT2D eigenvalue weighted by atomic mass is 10.1. The molecule has 6 heteroatoms. The topological polar surface area (TPSA) is 86.5 Å². The molecule has 0 radical (unpaired) electrons. The van der Waals surface area contributed by atoms with Crippen molar-refractivity contribution in [2.45, 2.75) is 31.1 Å². The number of nitrogens with two attached hydrogens (primary N) is 1. The summed E-state index contributed by atoms with van der Waals surface area (Å²) in [5, 5.41) is 0. The minimum Gasteiger partial charge on any atom is -0.379 e. The molecule has 2 aromatic rings. The number of carbonyl (C=O) groups is 1. The van der Waals surface area contributed by atoms with E-state index in [1.165, 1.54) is 17.7 Å². The van der Waals surface area contributed by atoms with Gasteiger partial charge in [-0.2, -0.15) is 8.42 Å². The zero-order chi connectivity index (χ0) is 16.6. The van der Waals surface area contributed by atoms with Crippen molar-refractivity contribution in [3.8, 4) is 5.75 Å². The predicted octanol–water partition coefficient (Wildman–Crippen LogP) is 2.35. The van der Waals surface area contributed by atoms with Crippen molar-refractivity contribution in [1.82, 2.24) is 0 Å². The molecule has 120 valence electrons. The van der Waals surface area contributed by atoms with E-state index in [-0.39, 0.29) is 16.2 Å². The van der Waals surface area contributed by atoms with Crippen molar-refractivity contribution >= 4 is 16.0 Å². The molecule has 0 aromatic heterocycles. The molecule has 3 rings (SSSR count). The standard InChI is InChI=1S/C17H17NO4S/c1-11-5-8-15(10-16(11)17(18)19)23(20,21)22-14-7-6-12-3-2-4-13(12)9-14/h5-10H,2-4H2,1H3,(H2,18,19). The van der Waals surface area contributed by atoms with Crippen LogP contribution in [0.1, 0.15) is 33.5 Å². The molecule has 2 N–H and O–H groups in total. The maximum Gasteiger partial charge on any atom is 0.339 e. The molecule has 0 bridgehead atoms. The number of carbonyl (C=O) groups excluding carboxylic acids is 1. The normalized spacial score (nSPS) is 13.6. The van der Waals surface area contributed by atoms with Gasteiger partial charge >= 0.3 is 10.1 Å². The van der Waals surface area contributed by atoms with Gasteiger partial charge in [0.15, 0.2) is 0 Å². The molecular formula is C17H17NO4S. The summed E-state index contributed by atoms with van der Waals surface area (Å²) in [6.45, 7) is 1.69. The highest BCUT2D eigenvalue weighted by Gasteiger charge is 2.20. The minimum atomic E-state index is -4.01. The number of aryl methyl sites for hydroxylation is 3. The molecule has 0 heterocycles. The number of primary amides is 1. The van der Waals surface area contributed by atoms with E-state index in [1.54, 1.807) is 25.1 Å². The van der Waals surface area contributed by atoms with Crippen molar-refractivity contribution in [2.24, 2.45) is 5.73 Å². The summed E-state index contributed by atoms with van der Waals surface area (Å²) in [5.41, 5.74) is 8.42. The summed E-state index contributed by atoms with van der Waals surface area (Å²) >= 11 is 0. The smallest absolute Gasteiger partial charge is 0.339 e. The molecule has 1 amide bonds. The number of hydrogen-bond acceptors (Lipinski definition) is 4. The van der Waals surface area contributed by atoms with E-state index < -0.39 is 16.0 Å². The van der Waals surface area contributed by atoms with Gasteiger partial charge in [0.25, 0.3) is 0 Å². The Hall–Kier alpha value is -2.34. The van der Waals surface area contributed by atoms with Crippen molar-refractivity contribution < 1.29 is 17.4 Å². The van der Waals surface area contributed by atoms with Gasteiger partial charge in [-0.3, -0.25) is 4.79 Å². The zero-order valence-corrected chi connectivity index (χ0v) is 13.5. The zero-order valence-electron chi connectivity index (χ0n) is 12.7. The Morgan fingerprint density at radius 2 is 1.83 bits per heavy atom. The molecule has 0 fully saturated rings. The van der Waals surface area contributed by atoms with E-state index in [2.05, 4.69) is 0 Å². The largest absolute Gasteiger partial charge is 0.379 e. The van der Waals surface area contributed by atoms with E-state index in [0.29, 0.717) is 5.56 Å². The van der Waals surface area contributed by atoms with Gasteiger partial charge < -0.3 is 9.92 Å². The van der Waals surface area contributed by atoms with Crippen molar-refractivity contribution in [3.63, 3.8) is 0 Å². The Bertz CT molecular complexity index is 887. The first-order valence-corrected chi connectivity index (χ1v) is 8.74. The molecule has 0 aliphatic heterocycles. The predicted molar refractivity (Wildman–Crippen MR) is 86.0 cm³/mol. The second-order valence-electron chi connectivity index (χ2n) is 5.66. The second kappa shape index (κ2) is 5.70. The van der Waals surface area contributed by atoms with Gasteiger partial charge in [-0.1, -0.05) is 12.1 Å². The van der Waals surface area contributed by atoms with Gasteiger partial charge in [-0.05, 0) is 67.1 Å². The molecule has 0 unspecified atom stereocenters. The molecule has 0 saturated heterocycles. The quantitative estimate of drug-likeness (QED) is 0.871. The lowest BCUT2D eigenvalue weighted by molar-refractivity contribution is 0.0999. The lowest BCUT2D eigenvalue weighted by Gasteiger charge is -2.10. The van der Waals surface area contributed by atoms with E-state index in [1.807, 2.05) is 6.07 Å². The van der Waals surface area contributed by atoms with Crippen LogP contribution in [0.2, 0.25) is 0 Å². The Kier molecular flexibility index (Phi) is 3.85. The van der Waals surface area contributed by atoms with Gasteiger partial charge in [0, 0.05) is 5.56 Å². The first-order valence-electron chi connectivity index (χ1n) is 7.33. The third-order valence-corrected chi connectivity index (χ3v) is 5.28. The van der Waals surface area contributed by atoms with E-state index in [0.717, 1.165) is 24.8 Å². The molecule has 1 aliphatic rings. The van der Waals surface area contributed by atoms with Gasteiger partial charge in [0.1, 0.15) is 10.6 Å². The van der Waals surface area contributed by atoms with E-state index in [9.17, 15) is 13.2 Å². The van der Waals surface area contributed by atoms with Crippen LogP contribution in [0.5, 0.6) is 5.75 Å². The van der Waals surface area contributed by atoms with Crippen LogP contribution in [-0.4, -0.2) is 14.3 Å². The molecule has 0 saturated carbocycles. The number of benzene rings is 2. The van der Waals surface area contributed by atoms with Crippen molar-refractivity contribution in [1.29, 1.82) is 0 Å². The highest BCUT2D eigenvalue weighted by Crippen LogP contribution is 2.28. The fourth-order valence-corrected chi connectivity index (χ4v) is 3.75. The summed E-state index contributed by atoms with van der Waals surface area (Å²) < 4.78 is 30.0. The van der Waals surface area contributed by atoms with Crippen LogP contribution in [0.15, 0.2) is 41.3 Å². The maximum atomic E-state index is 12.4. The van der Waals surface area contributed by atoms with E-state index >= 15 is 0 Å². The van der Waals surface area contributed by atoms with E-state index in [4.69, 9.17) is 9.92 Å². The minimum absolute atomic E-state index is 0.0857. The van der Waals surface area contributed by atoms with Crippen LogP contribution in [-0.2, 0) is 23.0 Å². The van der Waals surface area contributed by atoms with Gasteiger partial charge in [0.2, 0.25) is 5.91 Å². The molecule has 23 heavy (non-hydrogen) atoms. The summed E-state index contributed by atoms with van der Waals surface area (Å²) in [7, 11) is -4.01. The average molecular weight is 331 g/mol. The average Bonchev–Trinajstić information content (AvgIpc) is 2.94. The maximum absolute atomic E-state index is 12.4. The number of hydrogen-bond donors (Lipinski definition) is 1. The Morgan fingerprint density at radius 3 is 2.57 bits per heavy atom. The molecule has 0 spiro atoms. The highest BCUT2D eigenvalue weighted by molar-refractivity contribution is 7.87. The monoisotopic (exact) mass is 331 g/mol. The second-order valence-corrected chi connectivity index (χ2v) is 7.21. The van der Waals surface area contributed by atoms with Crippen LogP contribution in [0.3, 0.4) is 0 Å². The SMILES string of the molecule is Cc1ccc(S(=O)(=O)Oc2ccc3c(c2)CCC3)cc1C(N)=O. The van der Waals surface area contributed by atoms with Gasteiger partial charge in [-0.15, -0.1) is 0 Å². The highest BCUT2D eigenvalue weighted by atomic mass is 32.2. The summed E-state index contributed by atoms with van der Waals surface area (Å²) in [5.74, 6) is -0.385. The molecule has 2 aromatic carbocycles. The summed E-state index contributed by atoms with van der Waals surface area (Å²) in [6.07, 6.45) is 3.02. The van der Waals surface area contributed by atoms with Gasteiger partial charge in [0.05, 0.1) is 0 Å². The molecule has 5 nitrogen and oxygen atoms in total. The van der Waals surface area contributed by atoms with Crippen LogP contribution in [0.25, 0.3) is 0 Å². The van der Waals surface area contributed by atoms with Crippen LogP contribution in [0.4, 0.5) is 0 Å². The molecular weight excluding hydrogens is 314 g/mol. The number of rotatable bonds is 4. The summed E-state index contributed by atoms with van der Waals surface area (Å²) in [4.78, 5) is 11.3. The Balaban J connectivity index is 1.93. The fraction of sp³-hybridized carbons (Fsp3) is 0.235. The van der Waals surface area contributed by atoms with Crippen LogP contribution in [0, 0.1) is 6.92 Å². The Labute approximate surface area is 135 Å². The first-order chi connectivity index (χ1) is 10.9. The third kappa shape index (κ3) is 3.07. The lowest BCUT2D eigenvalue weighted by Crippen LogP contribution is -2.15. The fourth-order valence-electron chi connectivity index (χ4n) is 2.80. The molecule has 0 atom stereocenters. The number of amides is 1. The third-order valence-electron chi connectivity index (χ3n) is 4.04. The first kappa shape index (κ1) is 15.6. The van der Waals surface area contributed by atoms with Crippen molar-refractivity contribution in [3.05, 3.63) is 58.7 Å². The summed E-state index contributed by atoms with van der Waals surface area (Å²) in [6, 6.07) is 9.52.